The number of anilines is 2. The SMILES string of the molecule is COc1ccc(N2O[C@@H]3C(=O)N(c4ccccc4)C(=O)[C@@H]3[C@@H]2c2ccccc2)cc1. The van der Waals surface area contributed by atoms with Gasteiger partial charge in [-0.2, -0.15) is 0 Å². The fraction of sp³-hybridized carbons (Fsp3) is 0.167. The zero-order chi connectivity index (χ0) is 20.7. The largest absolute Gasteiger partial charge is 0.497 e. The zero-order valence-electron chi connectivity index (χ0n) is 16.3. The van der Waals surface area contributed by atoms with Gasteiger partial charge in [-0.05, 0) is 42.0 Å². The Morgan fingerprint density at radius 2 is 1.40 bits per heavy atom. The van der Waals surface area contributed by atoms with E-state index in [1.54, 1.807) is 24.3 Å². The molecule has 6 nitrogen and oxygen atoms in total. The number of rotatable bonds is 4. The van der Waals surface area contributed by atoms with Crippen molar-refractivity contribution < 1.29 is 19.2 Å². The highest BCUT2D eigenvalue weighted by atomic mass is 16.7. The van der Waals surface area contributed by atoms with Crippen LogP contribution in [0.2, 0.25) is 0 Å². The first-order valence-corrected chi connectivity index (χ1v) is 9.77. The summed E-state index contributed by atoms with van der Waals surface area (Å²) in [6.45, 7) is 0. The van der Waals surface area contributed by atoms with Gasteiger partial charge < -0.3 is 4.74 Å². The molecule has 6 heteroatoms. The van der Waals surface area contributed by atoms with Crippen molar-refractivity contribution in [3.05, 3.63) is 90.5 Å². The molecule has 30 heavy (non-hydrogen) atoms. The van der Waals surface area contributed by atoms with E-state index in [2.05, 4.69) is 0 Å². The maximum atomic E-state index is 13.4. The van der Waals surface area contributed by atoms with Crippen molar-refractivity contribution in [1.29, 1.82) is 0 Å². The number of carbonyl (C=O) groups excluding carboxylic acids is 2. The molecule has 2 fully saturated rings. The van der Waals surface area contributed by atoms with Crippen molar-refractivity contribution >= 4 is 23.2 Å². The molecule has 0 bridgehead atoms. The Hall–Kier alpha value is -3.64. The number of para-hydroxylation sites is 1. The predicted molar refractivity (Wildman–Crippen MR) is 112 cm³/mol. The van der Waals surface area contributed by atoms with Gasteiger partial charge in [-0.1, -0.05) is 48.5 Å². The lowest BCUT2D eigenvalue weighted by Crippen LogP contribution is -2.37. The van der Waals surface area contributed by atoms with Crippen molar-refractivity contribution in [1.82, 2.24) is 0 Å². The summed E-state index contributed by atoms with van der Waals surface area (Å²) in [4.78, 5) is 34.0. The summed E-state index contributed by atoms with van der Waals surface area (Å²) in [5, 5.41) is 1.68. The summed E-state index contributed by atoms with van der Waals surface area (Å²) >= 11 is 0. The second-order valence-electron chi connectivity index (χ2n) is 7.28. The summed E-state index contributed by atoms with van der Waals surface area (Å²) in [5.74, 6) is -0.506. The maximum Gasteiger partial charge on any atom is 0.266 e. The highest BCUT2D eigenvalue weighted by molar-refractivity contribution is 6.23. The first-order chi connectivity index (χ1) is 14.7. The Labute approximate surface area is 174 Å². The average molecular weight is 400 g/mol. The minimum absolute atomic E-state index is 0.249. The number of ether oxygens (including phenoxy) is 1. The van der Waals surface area contributed by atoms with Crippen LogP contribution in [0.1, 0.15) is 11.6 Å². The number of carbonyl (C=O) groups is 2. The van der Waals surface area contributed by atoms with Gasteiger partial charge in [0.1, 0.15) is 11.7 Å². The first kappa shape index (κ1) is 18.4. The van der Waals surface area contributed by atoms with Crippen LogP contribution in [0.4, 0.5) is 11.4 Å². The number of hydrogen-bond acceptors (Lipinski definition) is 5. The molecule has 0 aliphatic carbocycles. The summed E-state index contributed by atoms with van der Waals surface area (Å²) in [6.07, 6.45) is -0.870. The lowest BCUT2D eigenvalue weighted by Gasteiger charge is -2.28. The molecular weight excluding hydrogens is 380 g/mol. The molecule has 0 spiro atoms. The van der Waals surface area contributed by atoms with Crippen molar-refractivity contribution in [2.75, 3.05) is 17.1 Å². The molecule has 3 atom stereocenters. The molecule has 3 aromatic rings. The van der Waals surface area contributed by atoms with Crippen LogP contribution in [-0.4, -0.2) is 25.0 Å². The molecule has 150 valence electrons. The lowest BCUT2D eigenvalue weighted by atomic mass is 9.90. The smallest absolute Gasteiger partial charge is 0.266 e. The van der Waals surface area contributed by atoms with Gasteiger partial charge in [-0.3, -0.25) is 14.4 Å². The van der Waals surface area contributed by atoms with E-state index in [0.717, 1.165) is 17.0 Å². The van der Waals surface area contributed by atoms with Crippen LogP contribution in [0.3, 0.4) is 0 Å². The molecule has 2 aliphatic rings. The van der Waals surface area contributed by atoms with Crippen molar-refractivity contribution in [3.8, 4) is 5.75 Å². The van der Waals surface area contributed by atoms with Gasteiger partial charge in [0.15, 0.2) is 6.10 Å². The van der Waals surface area contributed by atoms with E-state index < -0.39 is 18.1 Å². The van der Waals surface area contributed by atoms with Crippen LogP contribution in [-0.2, 0) is 14.4 Å². The summed E-state index contributed by atoms with van der Waals surface area (Å²) < 4.78 is 5.24. The predicted octanol–water partition coefficient (Wildman–Crippen LogP) is 3.75. The van der Waals surface area contributed by atoms with E-state index in [9.17, 15) is 9.59 Å². The molecule has 2 aliphatic heterocycles. The molecule has 2 amide bonds. The van der Waals surface area contributed by atoms with Crippen LogP contribution >= 0.6 is 0 Å². The van der Waals surface area contributed by atoms with Crippen LogP contribution in [0.5, 0.6) is 5.75 Å². The van der Waals surface area contributed by atoms with Gasteiger partial charge in [0.05, 0.1) is 24.5 Å². The summed E-state index contributed by atoms with van der Waals surface area (Å²) in [6, 6.07) is 25.6. The Morgan fingerprint density at radius 1 is 0.767 bits per heavy atom. The number of nitrogens with zero attached hydrogens (tertiary/aromatic N) is 2. The molecule has 2 saturated heterocycles. The topological polar surface area (TPSA) is 59.1 Å². The normalized spacial score (nSPS) is 23.0. The molecule has 0 aromatic heterocycles. The minimum atomic E-state index is -0.870. The number of methoxy groups -OCH3 is 1. The molecule has 3 aromatic carbocycles. The number of imide groups is 1. The number of benzene rings is 3. The maximum absolute atomic E-state index is 13.4. The Bertz CT molecular complexity index is 1070. The fourth-order valence-corrected chi connectivity index (χ4v) is 4.19. The van der Waals surface area contributed by atoms with Gasteiger partial charge in [0, 0.05) is 0 Å². The number of hydrogen-bond donors (Lipinski definition) is 0. The molecule has 5 rings (SSSR count). The minimum Gasteiger partial charge on any atom is -0.497 e. The van der Waals surface area contributed by atoms with Gasteiger partial charge in [-0.15, -0.1) is 0 Å². The van der Waals surface area contributed by atoms with E-state index in [1.807, 2.05) is 72.8 Å². The van der Waals surface area contributed by atoms with E-state index in [4.69, 9.17) is 9.57 Å². The van der Waals surface area contributed by atoms with Crippen molar-refractivity contribution in [3.63, 3.8) is 0 Å². The third kappa shape index (κ3) is 2.84. The van der Waals surface area contributed by atoms with Gasteiger partial charge in [-0.25, -0.2) is 9.96 Å². The molecule has 0 saturated carbocycles. The van der Waals surface area contributed by atoms with E-state index >= 15 is 0 Å². The number of hydroxylamine groups is 1. The van der Waals surface area contributed by atoms with Gasteiger partial charge >= 0.3 is 0 Å². The molecule has 0 unspecified atom stereocenters. The van der Waals surface area contributed by atoms with Crippen LogP contribution < -0.4 is 14.7 Å². The van der Waals surface area contributed by atoms with E-state index in [1.165, 1.54) is 4.90 Å². The third-order valence-electron chi connectivity index (χ3n) is 5.60. The lowest BCUT2D eigenvalue weighted by molar-refractivity contribution is -0.126. The standard InChI is InChI=1S/C24H20N2O4/c1-29-19-14-12-18(13-15-19)26-21(16-8-4-2-5-9-16)20-22(30-26)24(28)25(23(20)27)17-10-6-3-7-11-17/h2-15,20-22H,1H3/t20-,21+,22+/m1/s1. The van der Waals surface area contributed by atoms with Crippen LogP contribution in [0.15, 0.2) is 84.9 Å². The van der Waals surface area contributed by atoms with E-state index in [0.29, 0.717) is 5.69 Å². The Kier molecular flexibility index (Phi) is 4.48. The quantitative estimate of drug-likeness (QED) is 0.625. The summed E-state index contributed by atoms with van der Waals surface area (Å²) in [7, 11) is 1.61. The van der Waals surface area contributed by atoms with Crippen molar-refractivity contribution in [2.24, 2.45) is 5.92 Å². The fourth-order valence-electron chi connectivity index (χ4n) is 4.19. The average Bonchev–Trinajstić information content (AvgIpc) is 3.31. The number of fused-ring (bicyclic) bond motifs is 1. The molecule has 2 heterocycles. The van der Waals surface area contributed by atoms with E-state index in [-0.39, 0.29) is 11.8 Å². The Morgan fingerprint density at radius 3 is 2.03 bits per heavy atom. The zero-order valence-corrected chi connectivity index (χ0v) is 16.3. The molecule has 0 N–H and O–H groups in total. The van der Waals surface area contributed by atoms with Crippen molar-refractivity contribution in [2.45, 2.75) is 12.1 Å². The summed E-state index contributed by atoms with van der Waals surface area (Å²) in [5.41, 5.74) is 2.23. The molecule has 0 radical (unpaired) electrons. The van der Waals surface area contributed by atoms with Gasteiger partial charge in [0.25, 0.3) is 5.91 Å². The monoisotopic (exact) mass is 400 g/mol. The van der Waals surface area contributed by atoms with Gasteiger partial charge in [0.2, 0.25) is 5.91 Å². The molecular formula is C24H20N2O4. The highest BCUT2D eigenvalue weighted by Gasteiger charge is 2.60. The third-order valence-corrected chi connectivity index (χ3v) is 5.60. The first-order valence-electron chi connectivity index (χ1n) is 9.77. The van der Waals surface area contributed by atoms with Crippen LogP contribution in [0.25, 0.3) is 0 Å². The second-order valence-corrected chi connectivity index (χ2v) is 7.28. The Balaban J connectivity index is 1.56. The highest BCUT2D eigenvalue weighted by Crippen LogP contribution is 2.47. The number of amides is 2. The second kappa shape index (κ2) is 7.31. The van der Waals surface area contributed by atoms with Crippen LogP contribution in [0, 0.1) is 5.92 Å².